The molecule has 1 saturated heterocycles. The van der Waals surface area contributed by atoms with E-state index in [4.69, 9.17) is 5.73 Å². The summed E-state index contributed by atoms with van der Waals surface area (Å²) in [4.78, 5) is 34.2. The van der Waals surface area contributed by atoms with Crippen molar-refractivity contribution in [3.05, 3.63) is 23.3 Å². The molecule has 0 aromatic carbocycles. The van der Waals surface area contributed by atoms with Gasteiger partial charge in [-0.15, -0.1) is 11.8 Å². The van der Waals surface area contributed by atoms with Gasteiger partial charge in [-0.25, -0.2) is 0 Å². The summed E-state index contributed by atoms with van der Waals surface area (Å²) in [6.45, 7) is 0.746. The van der Waals surface area contributed by atoms with E-state index < -0.39 is 17.5 Å². The highest BCUT2D eigenvalue weighted by Crippen LogP contribution is 2.27. The van der Waals surface area contributed by atoms with Gasteiger partial charge in [0.1, 0.15) is 0 Å². The summed E-state index contributed by atoms with van der Waals surface area (Å²) in [6.07, 6.45) is 2.41. The van der Waals surface area contributed by atoms with Gasteiger partial charge in [-0.1, -0.05) is 0 Å². The van der Waals surface area contributed by atoms with Gasteiger partial charge in [-0.3, -0.25) is 14.4 Å². The van der Waals surface area contributed by atoms with Crippen LogP contribution in [0.4, 0.5) is 0 Å². The summed E-state index contributed by atoms with van der Waals surface area (Å²) in [5, 5.41) is 2.75. The highest BCUT2D eigenvalue weighted by molar-refractivity contribution is 8.00. The van der Waals surface area contributed by atoms with Crippen molar-refractivity contribution in [2.24, 2.45) is 5.73 Å². The van der Waals surface area contributed by atoms with Crippen LogP contribution in [0.15, 0.2) is 23.3 Å². The van der Waals surface area contributed by atoms with E-state index in [0.29, 0.717) is 0 Å². The summed E-state index contributed by atoms with van der Waals surface area (Å²) in [7, 11) is 0. The number of rotatable bonds is 2. The smallest absolute Gasteiger partial charge is 0.249 e. The fourth-order valence-corrected chi connectivity index (χ4v) is 2.77. The van der Waals surface area contributed by atoms with Crippen LogP contribution in [-0.2, 0) is 14.4 Å². The number of nitrogens with two attached hydrogens (primary N) is 1. The number of allylic oxidation sites excluding steroid dienone is 1. The molecule has 1 fully saturated rings. The van der Waals surface area contributed by atoms with Gasteiger partial charge in [0.15, 0.2) is 0 Å². The van der Waals surface area contributed by atoms with Crippen LogP contribution in [0.25, 0.3) is 0 Å². The van der Waals surface area contributed by atoms with Gasteiger partial charge < -0.3 is 11.1 Å². The number of Topliss-reactive ketones (excluding diaryl/α,β-unsaturated/α-hetero) is 1. The van der Waals surface area contributed by atoms with Gasteiger partial charge in [-0.05, 0) is 12.2 Å². The van der Waals surface area contributed by atoms with Crippen molar-refractivity contribution in [2.75, 3.05) is 12.3 Å². The Morgan fingerprint density at radius 2 is 2.19 bits per heavy atom. The van der Waals surface area contributed by atoms with Crippen molar-refractivity contribution in [1.82, 2.24) is 5.32 Å². The average molecular weight is 238 g/mol. The molecule has 16 heavy (non-hydrogen) atoms. The van der Waals surface area contributed by atoms with Crippen LogP contribution in [0.3, 0.4) is 0 Å². The van der Waals surface area contributed by atoms with Crippen LogP contribution in [0, 0.1) is 0 Å². The third-order valence-electron chi connectivity index (χ3n) is 2.40. The van der Waals surface area contributed by atoms with Gasteiger partial charge >= 0.3 is 0 Å². The molecule has 84 valence electrons. The molecule has 1 aliphatic carbocycles. The number of amides is 1. The Balaban J connectivity index is 2.46. The molecule has 0 radical (unpaired) electrons. The molecule has 0 bridgehead atoms. The van der Waals surface area contributed by atoms with Crippen LogP contribution in [-0.4, -0.2) is 35.1 Å². The average Bonchev–Trinajstić information content (AvgIpc) is 2.74. The molecule has 5 nitrogen and oxygen atoms in total. The summed E-state index contributed by atoms with van der Waals surface area (Å²) >= 11 is 1.49. The van der Waals surface area contributed by atoms with Crippen LogP contribution in [0.2, 0.25) is 0 Å². The molecule has 1 heterocycles. The van der Waals surface area contributed by atoms with E-state index in [9.17, 15) is 14.4 Å². The Kier molecular flexibility index (Phi) is 2.93. The van der Waals surface area contributed by atoms with Crippen molar-refractivity contribution in [1.29, 1.82) is 0 Å². The molecule has 3 N–H and O–H groups in total. The predicted octanol–water partition coefficient (Wildman–Crippen LogP) is -0.861. The van der Waals surface area contributed by atoms with E-state index in [0.717, 1.165) is 18.4 Å². The zero-order chi connectivity index (χ0) is 11.7. The van der Waals surface area contributed by atoms with E-state index >= 15 is 0 Å². The lowest BCUT2D eigenvalue weighted by Crippen LogP contribution is -2.34. The quantitative estimate of drug-likeness (QED) is 0.482. The highest BCUT2D eigenvalue weighted by atomic mass is 32.2. The fraction of sp³-hybridized carbons (Fsp3) is 0.300. The van der Waals surface area contributed by atoms with Gasteiger partial charge in [0, 0.05) is 23.4 Å². The number of nitrogens with one attached hydrogen (secondary N) is 1. The third-order valence-corrected chi connectivity index (χ3v) is 3.58. The zero-order valence-corrected chi connectivity index (χ0v) is 9.17. The van der Waals surface area contributed by atoms with Gasteiger partial charge in [0.25, 0.3) is 0 Å². The second kappa shape index (κ2) is 4.23. The lowest BCUT2D eigenvalue weighted by atomic mass is 9.94. The fourth-order valence-electron chi connectivity index (χ4n) is 1.67. The van der Waals surface area contributed by atoms with Crippen molar-refractivity contribution in [3.8, 4) is 0 Å². The molecule has 2 rings (SSSR count). The van der Waals surface area contributed by atoms with E-state index in [1.807, 2.05) is 0 Å². The number of thioether (sulfide) groups is 1. The first kappa shape index (κ1) is 11.1. The number of ketones is 2. The number of hydrogen-bond acceptors (Lipinski definition) is 5. The molecular weight excluding hydrogens is 228 g/mol. The van der Waals surface area contributed by atoms with E-state index in [2.05, 4.69) is 5.32 Å². The summed E-state index contributed by atoms with van der Waals surface area (Å²) < 4.78 is 0. The maximum absolute atomic E-state index is 11.7. The second-order valence-electron chi connectivity index (χ2n) is 3.42. The Morgan fingerprint density at radius 1 is 1.44 bits per heavy atom. The monoisotopic (exact) mass is 238 g/mol. The Morgan fingerprint density at radius 3 is 2.75 bits per heavy atom. The Labute approximate surface area is 96.1 Å². The van der Waals surface area contributed by atoms with E-state index in [-0.39, 0.29) is 16.5 Å². The predicted molar refractivity (Wildman–Crippen MR) is 59.6 cm³/mol. The number of carbonyl (C=O) groups excluding carboxylic acids is 3. The van der Waals surface area contributed by atoms with E-state index in [1.54, 1.807) is 0 Å². The maximum atomic E-state index is 11.7. The van der Waals surface area contributed by atoms with Crippen LogP contribution < -0.4 is 11.1 Å². The van der Waals surface area contributed by atoms with Gasteiger partial charge in [0.2, 0.25) is 17.5 Å². The number of carbonyl (C=O) groups is 3. The summed E-state index contributed by atoms with van der Waals surface area (Å²) in [5.41, 5.74) is 5.52. The molecule has 0 spiro atoms. The lowest BCUT2D eigenvalue weighted by molar-refractivity contribution is -0.131. The zero-order valence-electron chi connectivity index (χ0n) is 8.36. The molecule has 1 unspecified atom stereocenters. The molecule has 1 aliphatic heterocycles. The minimum Gasteiger partial charge on any atom is -0.366 e. The SMILES string of the molecule is NC(=O)C1=C(C2NCCS2)C(=O)C(=O)C=C1. The molecule has 1 amide bonds. The second-order valence-corrected chi connectivity index (χ2v) is 4.64. The Hall–Kier alpha value is -1.40. The lowest BCUT2D eigenvalue weighted by Gasteiger charge is -2.17. The first-order valence-electron chi connectivity index (χ1n) is 4.77. The topological polar surface area (TPSA) is 89.3 Å². The Bertz CT molecular complexity index is 433. The van der Waals surface area contributed by atoms with Gasteiger partial charge in [0.05, 0.1) is 5.37 Å². The van der Waals surface area contributed by atoms with Crippen molar-refractivity contribution in [2.45, 2.75) is 5.37 Å². The van der Waals surface area contributed by atoms with Crippen LogP contribution >= 0.6 is 11.8 Å². The first-order valence-corrected chi connectivity index (χ1v) is 5.82. The molecule has 0 saturated carbocycles. The largest absolute Gasteiger partial charge is 0.366 e. The van der Waals surface area contributed by atoms with Crippen molar-refractivity contribution < 1.29 is 14.4 Å². The molecule has 0 aromatic heterocycles. The van der Waals surface area contributed by atoms with Crippen LogP contribution in [0.5, 0.6) is 0 Å². The molecule has 2 aliphatic rings. The van der Waals surface area contributed by atoms with Crippen molar-refractivity contribution in [3.63, 3.8) is 0 Å². The maximum Gasteiger partial charge on any atom is 0.249 e. The standard InChI is InChI=1S/C10H10N2O3S/c11-9(15)5-1-2-6(13)8(14)7(5)10-12-3-4-16-10/h1-2,10,12H,3-4H2,(H2,11,15). The van der Waals surface area contributed by atoms with Crippen molar-refractivity contribution >= 4 is 29.2 Å². The van der Waals surface area contributed by atoms with E-state index in [1.165, 1.54) is 17.8 Å². The molecule has 1 atom stereocenters. The summed E-state index contributed by atoms with van der Waals surface area (Å²) in [5.74, 6) is -1.08. The normalized spacial score (nSPS) is 25.4. The van der Waals surface area contributed by atoms with Gasteiger partial charge in [-0.2, -0.15) is 0 Å². The van der Waals surface area contributed by atoms with Crippen LogP contribution in [0.1, 0.15) is 0 Å². The molecule has 0 aromatic rings. The highest BCUT2D eigenvalue weighted by Gasteiger charge is 2.33. The minimum atomic E-state index is -0.679. The number of primary amides is 1. The first-order chi connectivity index (χ1) is 7.61. The minimum absolute atomic E-state index is 0.136. The molecular formula is C10H10N2O3S. The molecule has 6 heteroatoms. The summed E-state index contributed by atoms with van der Waals surface area (Å²) in [6, 6.07) is 0. The third kappa shape index (κ3) is 1.81. The number of hydrogen-bond donors (Lipinski definition) is 2.